The van der Waals surface area contributed by atoms with Crippen molar-refractivity contribution in [1.29, 1.82) is 0 Å². The lowest BCUT2D eigenvalue weighted by atomic mass is 10.0. The quantitative estimate of drug-likeness (QED) is 0.197. The van der Waals surface area contributed by atoms with Gasteiger partial charge in [-0.25, -0.2) is 9.97 Å². The third kappa shape index (κ3) is 5.36. The van der Waals surface area contributed by atoms with Crippen molar-refractivity contribution in [2.24, 2.45) is 0 Å². The van der Waals surface area contributed by atoms with E-state index in [4.69, 9.17) is 19.4 Å². The van der Waals surface area contributed by atoms with Crippen molar-refractivity contribution in [2.75, 3.05) is 38.7 Å². The fourth-order valence-corrected chi connectivity index (χ4v) is 5.52. The summed E-state index contributed by atoms with van der Waals surface area (Å²) in [5.74, 6) is 2.65. The highest BCUT2D eigenvalue weighted by molar-refractivity contribution is 5.95. The van der Waals surface area contributed by atoms with E-state index in [1.165, 1.54) is 18.4 Å². The van der Waals surface area contributed by atoms with Crippen LogP contribution < -0.4 is 14.8 Å². The number of benzene rings is 4. The molecular weight excluding hydrogens is 524 g/mol. The van der Waals surface area contributed by atoms with Crippen LogP contribution in [0.1, 0.15) is 12.8 Å². The van der Waals surface area contributed by atoms with Crippen LogP contribution in [-0.2, 0) is 0 Å². The average molecular weight is 557 g/mol. The Labute approximate surface area is 244 Å². The molecule has 210 valence electrons. The molecule has 1 aliphatic rings. The first kappa shape index (κ1) is 26.0. The van der Waals surface area contributed by atoms with E-state index in [1.54, 1.807) is 7.11 Å². The zero-order valence-corrected chi connectivity index (χ0v) is 23.5. The molecule has 0 bridgehead atoms. The van der Waals surface area contributed by atoms with Crippen molar-refractivity contribution < 1.29 is 9.47 Å². The zero-order valence-electron chi connectivity index (χ0n) is 23.5. The van der Waals surface area contributed by atoms with Gasteiger partial charge in [-0.05, 0) is 61.3 Å². The molecule has 1 aliphatic heterocycles. The number of rotatable bonds is 9. The highest BCUT2D eigenvalue weighted by Crippen LogP contribution is 2.37. The number of aromatic amines is 1. The molecule has 3 heterocycles. The van der Waals surface area contributed by atoms with Crippen LogP contribution in [0.25, 0.3) is 44.3 Å². The molecular formula is C34H32N6O2. The van der Waals surface area contributed by atoms with Crippen molar-refractivity contribution in [3.8, 4) is 34.0 Å². The Morgan fingerprint density at radius 1 is 0.833 bits per heavy atom. The molecule has 2 N–H and O–H groups in total. The Morgan fingerprint density at radius 3 is 2.43 bits per heavy atom. The predicted octanol–water partition coefficient (Wildman–Crippen LogP) is 7.07. The van der Waals surface area contributed by atoms with Gasteiger partial charge in [-0.15, -0.1) is 0 Å². The van der Waals surface area contributed by atoms with Gasteiger partial charge in [0.2, 0.25) is 0 Å². The lowest BCUT2D eigenvalue weighted by Gasteiger charge is -2.18. The molecule has 6 aromatic rings. The first-order valence-electron chi connectivity index (χ1n) is 14.3. The second kappa shape index (κ2) is 11.5. The maximum Gasteiger partial charge on any atom is 0.162 e. The van der Waals surface area contributed by atoms with Crippen LogP contribution in [0, 0.1) is 0 Å². The van der Waals surface area contributed by atoms with Crippen molar-refractivity contribution >= 4 is 33.3 Å². The molecule has 0 spiro atoms. The van der Waals surface area contributed by atoms with Gasteiger partial charge in [0, 0.05) is 34.6 Å². The summed E-state index contributed by atoms with van der Waals surface area (Å²) in [4.78, 5) is 12.4. The van der Waals surface area contributed by atoms with Gasteiger partial charge in [0.1, 0.15) is 12.4 Å². The Hall–Kier alpha value is -4.95. The average Bonchev–Trinajstić information content (AvgIpc) is 3.73. The number of methoxy groups -OCH3 is 1. The molecule has 8 heteroatoms. The molecule has 0 atom stereocenters. The number of likely N-dealkylation sites (tertiary alicyclic amines) is 1. The smallest absolute Gasteiger partial charge is 0.162 e. The van der Waals surface area contributed by atoms with E-state index in [1.807, 2.05) is 48.7 Å². The molecule has 1 fully saturated rings. The summed E-state index contributed by atoms with van der Waals surface area (Å²) in [6.07, 6.45) is 4.33. The van der Waals surface area contributed by atoms with Crippen LogP contribution in [-0.4, -0.2) is 58.4 Å². The molecule has 0 saturated carbocycles. The topological polar surface area (TPSA) is 88.2 Å². The standard InChI is InChI=1S/C34H32N6O2/c1-41-31-21-30-28(20-32(31)42-18-17-40-15-5-6-16-40)34(36-27-13-14-29-26(19-27)22-35-39-29)38-33(37-30)25-11-9-24(10-12-25)23-7-3-2-4-8-23/h2-4,7-14,19-22H,5-6,15-18H2,1H3,(H,35,39)(H,36,37,38). The minimum Gasteiger partial charge on any atom is -0.493 e. The van der Waals surface area contributed by atoms with E-state index < -0.39 is 0 Å². The largest absolute Gasteiger partial charge is 0.493 e. The van der Waals surface area contributed by atoms with Crippen LogP contribution in [0.5, 0.6) is 11.5 Å². The van der Waals surface area contributed by atoms with Crippen molar-refractivity contribution in [2.45, 2.75) is 12.8 Å². The SMILES string of the molecule is COc1cc2nc(-c3ccc(-c4ccccc4)cc3)nc(Nc3ccc4[nH]ncc4c3)c2cc1OCCN1CCCC1. The van der Waals surface area contributed by atoms with Gasteiger partial charge < -0.3 is 14.8 Å². The second-order valence-electron chi connectivity index (χ2n) is 10.6. The number of aromatic nitrogens is 4. The van der Waals surface area contributed by atoms with Crippen molar-refractivity contribution in [1.82, 2.24) is 25.1 Å². The monoisotopic (exact) mass is 556 g/mol. The number of H-pyrrole nitrogens is 1. The summed E-state index contributed by atoms with van der Waals surface area (Å²) in [5, 5.41) is 12.6. The molecule has 0 amide bonds. The Kier molecular flexibility index (Phi) is 7.12. The van der Waals surface area contributed by atoms with E-state index in [0.717, 1.165) is 58.3 Å². The minimum absolute atomic E-state index is 0.592. The first-order chi connectivity index (χ1) is 20.7. The molecule has 0 unspecified atom stereocenters. The van der Waals surface area contributed by atoms with Gasteiger partial charge in [-0.3, -0.25) is 10.00 Å². The van der Waals surface area contributed by atoms with Crippen LogP contribution in [0.2, 0.25) is 0 Å². The van der Waals surface area contributed by atoms with Crippen LogP contribution in [0.4, 0.5) is 11.5 Å². The summed E-state index contributed by atoms with van der Waals surface area (Å²) in [5.41, 5.74) is 5.89. The maximum atomic E-state index is 6.26. The number of fused-ring (bicyclic) bond motifs is 2. The summed E-state index contributed by atoms with van der Waals surface area (Å²) in [7, 11) is 1.66. The summed E-state index contributed by atoms with van der Waals surface area (Å²) in [6, 6.07) is 28.7. The lowest BCUT2D eigenvalue weighted by Crippen LogP contribution is -2.25. The van der Waals surface area contributed by atoms with Gasteiger partial charge in [-0.2, -0.15) is 5.10 Å². The molecule has 0 aliphatic carbocycles. The molecule has 7 rings (SSSR count). The van der Waals surface area contributed by atoms with Gasteiger partial charge in [-0.1, -0.05) is 54.6 Å². The molecule has 42 heavy (non-hydrogen) atoms. The van der Waals surface area contributed by atoms with Crippen LogP contribution in [0.3, 0.4) is 0 Å². The fourth-order valence-electron chi connectivity index (χ4n) is 5.52. The van der Waals surface area contributed by atoms with E-state index >= 15 is 0 Å². The maximum absolute atomic E-state index is 6.26. The number of hydrogen-bond donors (Lipinski definition) is 2. The molecule has 1 saturated heterocycles. The molecule has 8 nitrogen and oxygen atoms in total. The normalized spacial score (nSPS) is 13.5. The fraction of sp³-hybridized carbons (Fsp3) is 0.206. The number of ether oxygens (including phenoxy) is 2. The second-order valence-corrected chi connectivity index (χ2v) is 10.6. The van der Waals surface area contributed by atoms with Crippen molar-refractivity contribution in [3.05, 3.63) is 91.1 Å². The third-order valence-electron chi connectivity index (χ3n) is 7.80. The Morgan fingerprint density at radius 2 is 1.62 bits per heavy atom. The van der Waals surface area contributed by atoms with Gasteiger partial charge in [0.15, 0.2) is 17.3 Å². The van der Waals surface area contributed by atoms with E-state index in [2.05, 4.69) is 62.9 Å². The highest BCUT2D eigenvalue weighted by atomic mass is 16.5. The van der Waals surface area contributed by atoms with Gasteiger partial charge >= 0.3 is 0 Å². The highest BCUT2D eigenvalue weighted by Gasteiger charge is 2.17. The molecule has 0 radical (unpaired) electrons. The number of anilines is 2. The summed E-state index contributed by atoms with van der Waals surface area (Å²) >= 11 is 0. The molecule has 2 aromatic heterocycles. The van der Waals surface area contributed by atoms with Crippen LogP contribution in [0.15, 0.2) is 91.1 Å². The van der Waals surface area contributed by atoms with E-state index in [-0.39, 0.29) is 0 Å². The van der Waals surface area contributed by atoms with E-state index in [0.29, 0.717) is 29.7 Å². The first-order valence-corrected chi connectivity index (χ1v) is 14.3. The Bertz CT molecular complexity index is 1830. The summed E-state index contributed by atoms with van der Waals surface area (Å²) in [6.45, 7) is 3.76. The number of nitrogens with one attached hydrogen (secondary N) is 2. The summed E-state index contributed by atoms with van der Waals surface area (Å²) < 4.78 is 12.0. The van der Waals surface area contributed by atoms with E-state index in [9.17, 15) is 0 Å². The number of hydrogen-bond acceptors (Lipinski definition) is 7. The van der Waals surface area contributed by atoms with Gasteiger partial charge in [0.25, 0.3) is 0 Å². The van der Waals surface area contributed by atoms with Gasteiger partial charge in [0.05, 0.1) is 24.3 Å². The Balaban J connectivity index is 1.27. The third-order valence-corrected chi connectivity index (χ3v) is 7.80. The van der Waals surface area contributed by atoms with Crippen molar-refractivity contribution in [3.63, 3.8) is 0 Å². The number of nitrogens with zero attached hydrogens (tertiary/aromatic N) is 4. The van der Waals surface area contributed by atoms with Crippen LogP contribution >= 0.6 is 0 Å². The predicted molar refractivity (Wildman–Crippen MR) is 168 cm³/mol. The lowest BCUT2D eigenvalue weighted by molar-refractivity contribution is 0.230. The minimum atomic E-state index is 0.592. The molecule has 4 aromatic carbocycles. The zero-order chi connectivity index (χ0) is 28.3.